The summed E-state index contributed by atoms with van der Waals surface area (Å²) in [4.78, 5) is 21.9. The molecule has 1 saturated heterocycles. The number of fused-ring (bicyclic) bond motifs is 1. The summed E-state index contributed by atoms with van der Waals surface area (Å²) < 4.78 is 1.10. The van der Waals surface area contributed by atoms with Crippen LogP contribution in [0.1, 0.15) is 15.9 Å². The normalized spacial score (nSPS) is 15.4. The smallest absolute Gasteiger partial charge is 0.255 e. The maximum Gasteiger partial charge on any atom is 0.255 e. The molecular weight excluding hydrogens is 344 g/mol. The monoisotopic (exact) mass is 366 g/mol. The third-order valence-corrected chi connectivity index (χ3v) is 5.77. The molecule has 0 saturated carbocycles. The number of carbonyl (C=O) groups is 1. The maximum atomic E-state index is 12.4. The molecule has 0 atom stereocenters. The molecule has 2 aromatic carbocycles. The van der Waals surface area contributed by atoms with Gasteiger partial charge in [0, 0.05) is 37.4 Å². The number of benzene rings is 2. The number of anilines is 2. The predicted molar refractivity (Wildman–Crippen MR) is 108 cm³/mol. The first kappa shape index (κ1) is 17.0. The Bertz CT molecular complexity index is 944. The zero-order chi connectivity index (χ0) is 18.1. The van der Waals surface area contributed by atoms with E-state index in [1.54, 1.807) is 11.3 Å². The van der Waals surface area contributed by atoms with E-state index in [0.29, 0.717) is 5.56 Å². The lowest BCUT2D eigenvalue weighted by Gasteiger charge is -2.31. The zero-order valence-corrected chi connectivity index (χ0v) is 15.8. The molecule has 1 N–H and O–H groups in total. The number of thiazole rings is 1. The largest absolute Gasteiger partial charge is 0.345 e. The van der Waals surface area contributed by atoms with Gasteiger partial charge in [-0.15, -0.1) is 0 Å². The highest BCUT2D eigenvalue weighted by Crippen LogP contribution is 2.31. The third-order valence-electron chi connectivity index (χ3n) is 4.69. The van der Waals surface area contributed by atoms with E-state index in [9.17, 15) is 4.79 Å². The number of nitrogens with one attached hydrogen (secondary N) is 1. The van der Waals surface area contributed by atoms with Crippen LogP contribution < -0.4 is 10.2 Å². The van der Waals surface area contributed by atoms with E-state index in [1.165, 1.54) is 0 Å². The standard InChI is InChI=1S/C20H22N4OS/c1-14-4-3-5-15(12-14)19(25)21-16-6-7-17-18(13-16)26-20(22-17)24-10-8-23(2)9-11-24/h3-7,12-13H,8-11H2,1-2H3,(H,21,25). The van der Waals surface area contributed by atoms with Gasteiger partial charge < -0.3 is 15.1 Å². The molecule has 26 heavy (non-hydrogen) atoms. The molecule has 134 valence electrons. The van der Waals surface area contributed by atoms with E-state index in [4.69, 9.17) is 4.98 Å². The molecule has 2 heterocycles. The molecular formula is C20H22N4OS. The molecule has 1 fully saturated rings. The second-order valence-electron chi connectivity index (χ2n) is 6.79. The van der Waals surface area contributed by atoms with Crippen molar-refractivity contribution >= 4 is 38.3 Å². The van der Waals surface area contributed by atoms with E-state index < -0.39 is 0 Å². The van der Waals surface area contributed by atoms with Crippen LogP contribution in [0.25, 0.3) is 10.2 Å². The Kier molecular flexibility index (Phi) is 4.61. The number of aromatic nitrogens is 1. The van der Waals surface area contributed by atoms with Crippen LogP contribution in [0.5, 0.6) is 0 Å². The van der Waals surface area contributed by atoms with E-state index in [2.05, 4.69) is 22.2 Å². The first-order valence-electron chi connectivity index (χ1n) is 8.80. The van der Waals surface area contributed by atoms with Gasteiger partial charge in [0.25, 0.3) is 5.91 Å². The Hall–Kier alpha value is -2.44. The van der Waals surface area contributed by atoms with Gasteiger partial charge in [-0.3, -0.25) is 4.79 Å². The van der Waals surface area contributed by atoms with E-state index in [0.717, 1.165) is 52.8 Å². The maximum absolute atomic E-state index is 12.4. The predicted octanol–water partition coefficient (Wildman–Crippen LogP) is 3.61. The van der Waals surface area contributed by atoms with Gasteiger partial charge >= 0.3 is 0 Å². The lowest BCUT2D eigenvalue weighted by molar-refractivity contribution is 0.102. The average molecular weight is 366 g/mol. The molecule has 1 aliphatic rings. The van der Waals surface area contributed by atoms with Crippen LogP contribution >= 0.6 is 11.3 Å². The minimum Gasteiger partial charge on any atom is -0.345 e. The summed E-state index contributed by atoms with van der Waals surface area (Å²) in [5, 5.41) is 4.06. The van der Waals surface area contributed by atoms with E-state index >= 15 is 0 Å². The Balaban J connectivity index is 1.53. The molecule has 1 aromatic heterocycles. The van der Waals surface area contributed by atoms with Crippen molar-refractivity contribution in [3.63, 3.8) is 0 Å². The van der Waals surface area contributed by atoms with Crippen LogP contribution in [0.4, 0.5) is 10.8 Å². The van der Waals surface area contributed by atoms with Crippen LogP contribution in [-0.2, 0) is 0 Å². The van der Waals surface area contributed by atoms with Crippen molar-refractivity contribution in [1.29, 1.82) is 0 Å². The fraction of sp³-hybridized carbons (Fsp3) is 0.300. The molecule has 0 unspecified atom stereocenters. The van der Waals surface area contributed by atoms with Crippen molar-refractivity contribution in [2.45, 2.75) is 6.92 Å². The Morgan fingerprint density at radius 2 is 1.92 bits per heavy atom. The van der Waals surface area contributed by atoms with Crippen LogP contribution in [0, 0.1) is 6.92 Å². The van der Waals surface area contributed by atoms with Crippen LogP contribution in [0.3, 0.4) is 0 Å². The molecule has 1 aliphatic heterocycles. The molecule has 0 spiro atoms. The second kappa shape index (κ2) is 7.05. The number of carbonyl (C=O) groups excluding carboxylic acids is 1. The third kappa shape index (κ3) is 3.57. The molecule has 0 radical (unpaired) electrons. The number of hydrogen-bond acceptors (Lipinski definition) is 5. The molecule has 6 heteroatoms. The summed E-state index contributed by atoms with van der Waals surface area (Å²) in [7, 11) is 2.15. The first-order chi connectivity index (χ1) is 12.6. The Morgan fingerprint density at radius 3 is 2.69 bits per heavy atom. The van der Waals surface area contributed by atoms with Crippen molar-refractivity contribution in [3.8, 4) is 0 Å². The van der Waals surface area contributed by atoms with E-state index in [1.807, 2.05) is 49.4 Å². The molecule has 1 amide bonds. The van der Waals surface area contributed by atoms with E-state index in [-0.39, 0.29) is 5.91 Å². The molecule has 3 aromatic rings. The number of aryl methyl sites for hydroxylation is 1. The highest BCUT2D eigenvalue weighted by molar-refractivity contribution is 7.22. The van der Waals surface area contributed by atoms with Gasteiger partial charge in [0.15, 0.2) is 5.13 Å². The number of hydrogen-bond donors (Lipinski definition) is 1. The Labute approximate surface area is 157 Å². The minimum absolute atomic E-state index is 0.0862. The van der Waals surface area contributed by atoms with Crippen molar-refractivity contribution in [2.75, 3.05) is 43.4 Å². The first-order valence-corrected chi connectivity index (χ1v) is 9.62. The quantitative estimate of drug-likeness (QED) is 0.769. The van der Waals surface area contributed by atoms with Crippen molar-refractivity contribution < 1.29 is 4.79 Å². The summed E-state index contributed by atoms with van der Waals surface area (Å²) in [6.07, 6.45) is 0. The van der Waals surface area contributed by atoms with Crippen LogP contribution in [0.2, 0.25) is 0 Å². The minimum atomic E-state index is -0.0862. The topological polar surface area (TPSA) is 48.5 Å². The fourth-order valence-electron chi connectivity index (χ4n) is 3.11. The lowest BCUT2D eigenvalue weighted by atomic mass is 10.1. The highest BCUT2D eigenvalue weighted by atomic mass is 32.1. The zero-order valence-electron chi connectivity index (χ0n) is 15.0. The van der Waals surface area contributed by atoms with Gasteiger partial charge in [0.2, 0.25) is 0 Å². The number of piperazine rings is 1. The number of amides is 1. The van der Waals surface area contributed by atoms with Gasteiger partial charge in [-0.25, -0.2) is 4.98 Å². The van der Waals surface area contributed by atoms with Gasteiger partial charge in [-0.2, -0.15) is 0 Å². The number of rotatable bonds is 3. The second-order valence-corrected chi connectivity index (χ2v) is 7.80. The summed E-state index contributed by atoms with van der Waals surface area (Å²) in [6, 6.07) is 13.5. The Morgan fingerprint density at radius 1 is 1.12 bits per heavy atom. The molecule has 0 aliphatic carbocycles. The summed E-state index contributed by atoms with van der Waals surface area (Å²) >= 11 is 1.69. The lowest BCUT2D eigenvalue weighted by Crippen LogP contribution is -2.44. The molecule has 4 rings (SSSR count). The number of likely N-dealkylation sites (N-methyl/N-ethyl adjacent to an activating group) is 1. The van der Waals surface area contributed by atoms with Crippen molar-refractivity contribution in [2.24, 2.45) is 0 Å². The molecule has 5 nitrogen and oxygen atoms in total. The summed E-state index contributed by atoms with van der Waals surface area (Å²) in [5.74, 6) is -0.0862. The fourth-order valence-corrected chi connectivity index (χ4v) is 4.17. The van der Waals surface area contributed by atoms with Crippen LogP contribution in [-0.4, -0.2) is 49.0 Å². The molecule has 0 bridgehead atoms. The summed E-state index contributed by atoms with van der Waals surface area (Å²) in [5.41, 5.74) is 3.54. The van der Waals surface area contributed by atoms with Gasteiger partial charge in [0.05, 0.1) is 10.2 Å². The SMILES string of the molecule is Cc1cccc(C(=O)Nc2ccc3nc(N4CCN(C)CC4)sc3c2)c1. The average Bonchev–Trinajstić information content (AvgIpc) is 3.05. The van der Waals surface area contributed by atoms with Crippen molar-refractivity contribution in [1.82, 2.24) is 9.88 Å². The van der Waals surface area contributed by atoms with Crippen molar-refractivity contribution in [3.05, 3.63) is 53.6 Å². The van der Waals surface area contributed by atoms with Crippen LogP contribution in [0.15, 0.2) is 42.5 Å². The summed E-state index contributed by atoms with van der Waals surface area (Å²) in [6.45, 7) is 6.13. The van der Waals surface area contributed by atoms with Gasteiger partial charge in [-0.05, 0) is 44.3 Å². The number of nitrogens with zero attached hydrogens (tertiary/aromatic N) is 3. The van der Waals surface area contributed by atoms with Gasteiger partial charge in [0.1, 0.15) is 0 Å². The van der Waals surface area contributed by atoms with Gasteiger partial charge in [-0.1, -0.05) is 29.0 Å². The highest BCUT2D eigenvalue weighted by Gasteiger charge is 2.18.